The minimum Gasteiger partial charge on any atom is -0.395 e. The predicted octanol–water partition coefficient (Wildman–Crippen LogP) is 1.20. The summed E-state index contributed by atoms with van der Waals surface area (Å²) in [4.78, 5) is 0. The molecule has 0 radical (unpaired) electrons. The molecule has 1 N–H and O–H groups in total. The third kappa shape index (κ3) is 5.01. The summed E-state index contributed by atoms with van der Waals surface area (Å²) in [5.74, 6) is 0.772. The van der Waals surface area contributed by atoms with Crippen molar-refractivity contribution >= 4 is 32.3 Å². The van der Waals surface area contributed by atoms with E-state index in [0.717, 1.165) is 5.75 Å². The number of hydrogen-bond donors (Lipinski definition) is 2. The Morgan fingerprint density at radius 3 is 2.50 bits per heavy atom. The van der Waals surface area contributed by atoms with E-state index in [1.807, 2.05) is 0 Å². The number of rotatable bonds is 3. The molecule has 0 heterocycles. The fourth-order valence-electron chi connectivity index (χ4n) is 0.0745. The van der Waals surface area contributed by atoms with Crippen molar-refractivity contribution in [1.82, 2.24) is 0 Å². The molecule has 0 aromatic heterocycles. The van der Waals surface area contributed by atoms with Crippen LogP contribution in [0.3, 0.4) is 0 Å². The normalized spacial score (nSPS) is 9.00. The topological polar surface area (TPSA) is 20.2 Å². The quantitative estimate of drug-likeness (QED) is 0.351. The highest BCUT2D eigenvalue weighted by atomic mass is 33.5. The Labute approximate surface area is 50.1 Å². The first-order valence-electron chi connectivity index (χ1n) is 1.45. The number of aliphatic hydroxyl groups is 1. The highest BCUT2D eigenvalue weighted by molar-refractivity contribution is 9.05. The molecule has 0 amide bonds. The fourth-order valence-corrected chi connectivity index (χ4v) is 1.34. The standard InChI is InChI=1S/C2H6OS3/c3-1-2-5-6-4/h3-4H,1-2H2. The van der Waals surface area contributed by atoms with Gasteiger partial charge in [-0.05, 0) is 9.83 Å². The molecule has 0 aliphatic rings. The molecule has 4 heteroatoms. The predicted molar refractivity (Wildman–Crippen MR) is 36.1 cm³/mol. The summed E-state index contributed by atoms with van der Waals surface area (Å²) < 4.78 is 0. The smallest absolute Gasteiger partial charge is 0.0530 e. The molecule has 0 aromatic rings. The van der Waals surface area contributed by atoms with Gasteiger partial charge in [-0.1, -0.05) is 22.5 Å². The van der Waals surface area contributed by atoms with Crippen LogP contribution in [-0.2, 0) is 0 Å². The summed E-state index contributed by atoms with van der Waals surface area (Å²) in [5, 5.41) is 8.13. The first kappa shape index (κ1) is 7.01. The van der Waals surface area contributed by atoms with Gasteiger partial charge in [0.1, 0.15) is 0 Å². The SMILES string of the molecule is OCCSSS. The second-order valence-electron chi connectivity index (χ2n) is 0.620. The van der Waals surface area contributed by atoms with Gasteiger partial charge in [0.2, 0.25) is 0 Å². The van der Waals surface area contributed by atoms with Crippen LogP contribution in [0.25, 0.3) is 0 Å². The van der Waals surface area contributed by atoms with E-state index in [-0.39, 0.29) is 6.61 Å². The van der Waals surface area contributed by atoms with Crippen LogP contribution >= 0.6 is 32.3 Å². The van der Waals surface area contributed by atoms with Crippen molar-refractivity contribution in [3.05, 3.63) is 0 Å². The fraction of sp³-hybridized carbons (Fsp3) is 1.00. The van der Waals surface area contributed by atoms with Gasteiger partial charge in [0, 0.05) is 5.75 Å². The Kier molecular flexibility index (Phi) is 7.02. The molecule has 0 saturated heterocycles. The lowest BCUT2D eigenvalue weighted by Crippen LogP contribution is -1.79. The zero-order valence-corrected chi connectivity index (χ0v) is 5.65. The monoisotopic (exact) mass is 142 g/mol. The van der Waals surface area contributed by atoms with Crippen molar-refractivity contribution in [2.75, 3.05) is 12.4 Å². The summed E-state index contributed by atoms with van der Waals surface area (Å²) in [5.41, 5.74) is 0. The van der Waals surface area contributed by atoms with Crippen molar-refractivity contribution in [2.45, 2.75) is 0 Å². The van der Waals surface area contributed by atoms with Crippen LogP contribution in [0.2, 0.25) is 0 Å². The summed E-state index contributed by atoms with van der Waals surface area (Å²) >= 11 is 3.82. The van der Waals surface area contributed by atoms with Crippen LogP contribution in [0.1, 0.15) is 0 Å². The maximum Gasteiger partial charge on any atom is 0.0530 e. The Bertz CT molecular complexity index is 20.8. The minimum atomic E-state index is 0.248. The second-order valence-corrected chi connectivity index (χ2v) is 3.91. The van der Waals surface area contributed by atoms with Crippen molar-refractivity contribution in [1.29, 1.82) is 0 Å². The third-order valence-electron chi connectivity index (χ3n) is 0.227. The van der Waals surface area contributed by atoms with Crippen LogP contribution in [-0.4, -0.2) is 17.5 Å². The molecule has 6 heavy (non-hydrogen) atoms. The molecular weight excluding hydrogens is 136 g/mol. The third-order valence-corrected chi connectivity index (χ3v) is 2.45. The average molecular weight is 142 g/mol. The first-order valence-corrected chi connectivity index (χ1v) is 4.83. The van der Waals surface area contributed by atoms with E-state index in [0.29, 0.717) is 0 Å². The van der Waals surface area contributed by atoms with E-state index in [9.17, 15) is 0 Å². The van der Waals surface area contributed by atoms with Gasteiger partial charge in [-0.15, -0.1) is 0 Å². The molecule has 0 saturated carbocycles. The van der Waals surface area contributed by atoms with Crippen LogP contribution in [0.4, 0.5) is 0 Å². The lowest BCUT2D eigenvalue weighted by Gasteiger charge is -1.84. The average Bonchev–Trinajstić information content (AvgIpc) is 1.61. The highest BCUT2D eigenvalue weighted by Gasteiger charge is 1.77. The van der Waals surface area contributed by atoms with Crippen molar-refractivity contribution < 1.29 is 5.11 Å². The maximum absolute atomic E-state index is 8.13. The van der Waals surface area contributed by atoms with Gasteiger partial charge < -0.3 is 5.11 Å². The van der Waals surface area contributed by atoms with Gasteiger partial charge >= 0.3 is 0 Å². The minimum absolute atomic E-state index is 0.248. The van der Waals surface area contributed by atoms with Crippen molar-refractivity contribution in [3.8, 4) is 0 Å². The molecule has 0 fully saturated rings. The zero-order chi connectivity index (χ0) is 4.83. The molecule has 0 bridgehead atoms. The van der Waals surface area contributed by atoms with Crippen molar-refractivity contribution in [3.63, 3.8) is 0 Å². The van der Waals surface area contributed by atoms with Crippen LogP contribution in [0, 0.1) is 0 Å². The van der Waals surface area contributed by atoms with Gasteiger partial charge in [0.25, 0.3) is 0 Å². The summed E-state index contributed by atoms with van der Waals surface area (Å²) in [6.07, 6.45) is 0. The Morgan fingerprint density at radius 2 is 2.33 bits per heavy atom. The van der Waals surface area contributed by atoms with Gasteiger partial charge in [-0.25, -0.2) is 0 Å². The zero-order valence-electron chi connectivity index (χ0n) is 3.13. The Morgan fingerprint density at radius 1 is 1.67 bits per heavy atom. The van der Waals surface area contributed by atoms with E-state index >= 15 is 0 Å². The van der Waals surface area contributed by atoms with Gasteiger partial charge in [0.15, 0.2) is 0 Å². The molecule has 0 aliphatic carbocycles. The van der Waals surface area contributed by atoms with Gasteiger partial charge in [-0.3, -0.25) is 0 Å². The van der Waals surface area contributed by atoms with E-state index < -0.39 is 0 Å². The maximum atomic E-state index is 8.13. The molecule has 38 valence electrons. The van der Waals surface area contributed by atoms with E-state index in [1.54, 1.807) is 0 Å². The van der Waals surface area contributed by atoms with E-state index in [1.165, 1.54) is 20.6 Å². The molecular formula is C2H6OS3. The molecule has 0 aliphatic heterocycles. The highest BCUT2D eigenvalue weighted by Crippen LogP contribution is 2.23. The first-order chi connectivity index (χ1) is 2.91. The molecule has 0 aromatic carbocycles. The second kappa shape index (κ2) is 6.01. The number of thiol groups is 1. The van der Waals surface area contributed by atoms with Gasteiger partial charge in [0.05, 0.1) is 6.61 Å². The Hall–Kier alpha value is 1.01. The van der Waals surface area contributed by atoms with Crippen LogP contribution in [0.15, 0.2) is 0 Å². The summed E-state index contributed by atoms with van der Waals surface area (Å²) in [6, 6.07) is 0. The Balaban J connectivity index is 2.34. The molecule has 0 spiro atoms. The summed E-state index contributed by atoms with van der Waals surface area (Å²) in [6.45, 7) is 0.248. The molecule has 1 nitrogen and oxygen atoms in total. The van der Waals surface area contributed by atoms with E-state index in [2.05, 4.69) is 11.7 Å². The molecule has 0 atom stereocenters. The lowest BCUT2D eigenvalue weighted by molar-refractivity contribution is 0.323. The van der Waals surface area contributed by atoms with E-state index in [4.69, 9.17) is 5.11 Å². The molecule has 0 rings (SSSR count). The summed E-state index contributed by atoms with van der Waals surface area (Å²) in [7, 11) is 2.92. The van der Waals surface area contributed by atoms with Gasteiger partial charge in [-0.2, -0.15) is 0 Å². The lowest BCUT2D eigenvalue weighted by atomic mass is 10.9. The van der Waals surface area contributed by atoms with Crippen LogP contribution < -0.4 is 0 Å². The molecule has 0 unspecified atom stereocenters. The number of hydrogen-bond acceptors (Lipinski definition) is 4. The largest absolute Gasteiger partial charge is 0.395 e. The van der Waals surface area contributed by atoms with Crippen LogP contribution in [0.5, 0.6) is 0 Å². The number of aliphatic hydroxyl groups excluding tert-OH is 1. The van der Waals surface area contributed by atoms with Crippen molar-refractivity contribution in [2.24, 2.45) is 0 Å².